The van der Waals surface area contributed by atoms with Crippen LogP contribution in [0.2, 0.25) is 0 Å². The molecule has 4 heteroatoms. The molecule has 0 bridgehead atoms. The van der Waals surface area contributed by atoms with Crippen LogP contribution in [-0.4, -0.2) is 11.5 Å². The summed E-state index contributed by atoms with van der Waals surface area (Å²) in [5.41, 5.74) is 1.92. The first-order valence-electron chi connectivity index (χ1n) is 6.69. The Hall–Kier alpha value is -1.56. The van der Waals surface area contributed by atoms with Crippen LogP contribution in [0.1, 0.15) is 29.4 Å². The van der Waals surface area contributed by atoms with E-state index in [9.17, 15) is 9.18 Å². The Morgan fingerprint density at radius 3 is 2.52 bits per heavy atom. The lowest BCUT2D eigenvalue weighted by molar-refractivity contribution is -0.119. The maximum absolute atomic E-state index is 13.7. The molecule has 1 saturated carbocycles. The first-order valence-corrected chi connectivity index (χ1v) is 7.77. The van der Waals surface area contributed by atoms with Gasteiger partial charge in [0.2, 0.25) is 0 Å². The van der Waals surface area contributed by atoms with Crippen LogP contribution in [0.15, 0.2) is 48.5 Å². The summed E-state index contributed by atoms with van der Waals surface area (Å²) in [7, 11) is 0. The van der Waals surface area contributed by atoms with Crippen molar-refractivity contribution in [1.82, 2.24) is 0 Å². The summed E-state index contributed by atoms with van der Waals surface area (Å²) >= 11 is 1.91. The standard InChI is InChI=1S/C17H13FINO/c18-13-8-4-7-11(16(13)19)15-14(20)9-12(17(15)21)10-5-2-1-3-6-10/h1-8,12,15,20H,9H2. The SMILES string of the molecule is N=C1CC(c2ccccc2)C(=O)C1c1cccc(F)c1I. The Bertz CT molecular complexity index is 714. The fourth-order valence-corrected chi connectivity index (χ4v) is 3.53. The van der Waals surface area contributed by atoms with Crippen LogP contribution in [0.5, 0.6) is 0 Å². The van der Waals surface area contributed by atoms with Gasteiger partial charge in [-0.15, -0.1) is 0 Å². The lowest BCUT2D eigenvalue weighted by Crippen LogP contribution is -2.16. The van der Waals surface area contributed by atoms with Crippen LogP contribution in [0, 0.1) is 14.8 Å². The van der Waals surface area contributed by atoms with Crippen LogP contribution in [0.3, 0.4) is 0 Å². The Kier molecular flexibility index (Phi) is 3.89. The van der Waals surface area contributed by atoms with Gasteiger partial charge in [0.05, 0.1) is 9.49 Å². The van der Waals surface area contributed by atoms with E-state index in [-0.39, 0.29) is 17.5 Å². The summed E-state index contributed by atoms with van der Waals surface area (Å²) in [6, 6.07) is 14.2. The molecule has 0 amide bonds. The summed E-state index contributed by atoms with van der Waals surface area (Å²) in [5, 5.41) is 8.17. The number of ketones is 1. The van der Waals surface area contributed by atoms with E-state index in [4.69, 9.17) is 5.41 Å². The molecule has 2 aromatic rings. The van der Waals surface area contributed by atoms with E-state index in [1.807, 2.05) is 52.9 Å². The zero-order valence-electron chi connectivity index (χ0n) is 11.1. The first-order chi connectivity index (χ1) is 10.1. The number of halogens is 2. The van der Waals surface area contributed by atoms with E-state index < -0.39 is 5.92 Å². The average Bonchev–Trinajstić information content (AvgIpc) is 2.78. The maximum atomic E-state index is 13.7. The van der Waals surface area contributed by atoms with Crippen LogP contribution < -0.4 is 0 Å². The second kappa shape index (κ2) is 5.67. The average molecular weight is 393 g/mol. The van der Waals surface area contributed by atoms with Crippen molar-refractivity contribution in [3.63, 3.8) is 0 Å². The van der Waals surface area contributed by atoms with Gasteiger partial charge in [0.25, 0.3) is 0 Å². The van der Waals surface area contributed by atoms with Gasteiger partial charge in [0.15, 0.2) is 5.78 Å². The number of nitrogens with one attached hydrogen (secondary N) is 1. The Labute approximate surface area is 136 Å². The Morgan fingerprint density at radius 2 is 1.81 bits per heavy atom. The topological polar surface area (TPSA) is 40.9 Å². The van der Waals surface area contributed by atoms with Crippen molar-refractivity contribution in [3.05, 3.63) is 69.0 Å². The lowest BCUT2D eigenvalue weighted by atomic mass is 9.91. The smallest absolute Gasteiger partial charge is 0.153 e. The fraction of sp³-hybridized carbons (Fsp3) is 0.176. The van der Waals surface area contributed by atoms with Gasteiger partial charge < -0.3 is 5.41 Å². The van der Waals surface area contributed by atoms with Gasteiger partial charge in [-0.05, 0) is 46.2 Å². The minimum absolute atomic E-state index is 0.00489. The third-order valence-electron chi connectivity index (χ3n) is 3.89. The van der Waals surface area contributed by atoms with Crippen LogP contribution in [0.4, 0.5) is 4.39 Å². The molecule has 0 aromatic heterocycles. The Balaban J connectivity index is 2.00. The predicted molar refractivity (Wildman–Crippen MR) is 88.4 cm³/mol. The zero-order valence-corrected chi connectivity index (χ0v) is 13.3. The molecule has 2 atom stereocenters. The van der Waals surface area contributed by atoms with Crippen molar-refractivity contribution < 1.29 is 9.18 Å². The first kappa shape index (κ1) is 14.4. The van der Waals surface area contributed by atoms with E-state index in [1.165, 1.54) is 6.07 Å². The quantitative estimate of drug-likeness (QED) is 0.760. The van der Waals surface area contributed by atoms with E-state index in [2.05, 4.69) is 0 Å². The summed E-state index contributed by atoms with van der Waals surface area (Å²) < 4.78 is 14.2. The van der Waals surface area contributed by atoms with Gasteiger partial charge in [-0.25, -0.2) is 4.39 Å². The molecule has 0 spiro atoms. The third kappa shape index (κ3) is 2.52. The fourth-order valence-electron chi connectivity index (χ4n) is 2.86. The maximum Gasteiger partial charge on any atom is 0.153 e. The predicted octanol–water partition coefficient (Wildman–Crippen LogP) is 4.29. The summed E-state index contributed by atoms with van der Waals surface area (Å²) in [5.74, 6) is -1.24. The van der Waals surface area contributed by atoms with E-state index >= 15 is 0 Å². The number of carbonyl (C=O) groups excluding carboxylic acids is 1. The highest BCUT2D eigenvalue weighted by Gasteiger charge is 2.41. The summed E-state index contributed by atoms with van der Waals surface area (Å²) in [6.07, 6.45) is 0.417. The zero-order chi connectivity index (χ0) is 15.0. The molecule has 1 aliphatic rings. The number of hydrogen-bond donors (Lipinski definition) is 1. The van der Waals surface area contributed by atoms with E-state index in [0.717, 1.165) is 5.56 Å². The summed E-state index contributed by atoms with van der Waals surface area (Å²) in [6.45, 7) is 0. The highest BCUT2D eigenvalue weighted by Crippen LogP contribution is 2.40. The minimum atomic E-state index is -0.613. The molecule has 1 fully saturated rings. The van der Waals surface area contributed by atoms with Crippen LogP contribution in [0.25, 0.3) is 0 Å². The number of hydrogen-bond acceptors (Lipinski definition) is 2. The van der Waals surface area contributed by atoms with Crippen molar-refractivity contribution in [1.29, 1.82) is 5.41 Å². The molecule has 0 saturated heterocycles. The normalized spacial score (nSPS) is 21.8. The van der Waals surface area contributed by atoms with E-state index in [1.54, 1.807) is 12.1 Å². The number of benzene rings is 2. The largest absolute Gasteiger partial charge is 0.309 e. The van der Waals surface area contributed by atoms with Gasteiger partial charge in [-0.3, -0.25) is 4.79 Å². The van der Waals surface area contributed by atoms with Crippen molar-refractivity contribution in [3.8, 4) is 0 Å². The van der Waals surface area contributed by atoms with Gasteiger partial charge >= 0.3 is 0 Å². The minimum Gasteiger partial charge on any atom is -0.309 e. The van der Waals surface area contributed by atoms with Crippen LogP contribution >= 0.6 is 22.6 Å². The molecule has 21 heavy (non-hydrogen) atoms. The molecule has 1 aliphatic carbocycles. The molecule has 0 aliphatic heterocycles. The van der Waals surface area contributed by atoms with E-state index in [0.29, 0.717) is 21.3 Å². The molecule has 1 N–H and O–H groups in total. The number of carbonyl (C=O) groups is 1. The molecular weight excluding hydrogens is 380 g/mol. The molecule has 2 aromatic carbocycles. The van der Waals surface area contributed by atoms with Gasteiger partial charge in [0.1, 0.15) is 5.82 Å². The molecule has 0 heterocycles. The lowest BCUT2D eigenvalue weighted by Gasteiger charge is -2.13. The molecular formula is C17H13FINO. The highest BCUT2D eigenvalue weighted by atomic mass is 127. The Morgan fingerprint density at radius 1 is 1.10 bits per heavy atom. The second-order valence-corrected chi connectivity index (χ2v) is 6.25. The molecule has 106 valence electrons. The van der Waals surface area contributed by atoms with Crippen molar-refractivity contribution >= 4 is 34.1 Å². The monoisotopic (exact) mass is 393 g/mol. The third-order valence-corrected chi connectivity index (χ3v) is 5.03. The van der Waals surface area contributed by atoms with Crippen molar-refractivity contribution in [2.45, 2.75) is 18.3 Å². The van der Waals surface area contributed by atoms with Crippen LogP contribution in [-0.2, 0) is 4.79 Å². The molecule has 0 radical (unpaired) electrons. The van der Waals surface area contributed by atoms with Gasteiger partial charge in [-0.1, -0.05) is 42.5 Å². The van der Waals surface area contributed by atoms with Crippen molar-refractivity contribution in [2.24, 2.45) is 0 Å². The van der Waals surface area contributed by atoms with Gasteiger partial charge in [-0.2, -0.15) is 0 Å². The summed E-state index contributed by atoms with van der Waals surface area (Å²) in [4.78, 5) is 12.7. The molecule has 2 unspecified atom stereocenters. The highest BCUT2D eigenvalue weighted by molar-refractivity contribution is 14.1. The molecule has 2 nitrogen and oxygen atoms in total. The number of rotatable bonds is 2. The van der Waals surface area contributed by atoms with Gasteiger partial charge in [0, 0.05) is 11.6 Å². The molecule has 3 rings (SSSR count). The second-order valence-electron chi connectivity index (χ2n) is 5.17. The number of Topliss-reactive ketones (excluding diaryl/α,β-unsaturated/α-hetero) is 1. The van der Waals surface area contributed by atoms with Crippen molar-refractivity contribution in [2.75, 3.05) is 0 Å².